The summed E-state index contributed by atoms with van der Waals surface area (Å²) in [5, 5.41) is 14.8. The van der Waals surface area contributed by atoms with E-state index in [2.05, 4.69) is 26.6 Å². The van der Waals surface area contributed by atoms with Crippen LogP contribution in [0.3, 0.4) is 0 Å². The first-order chi connectivity index (χ1) is 9.42. The first-order valence-corrected chi connectivity index (χ1v) is 7.28. The monoisotopic (exact) mass is 344 g/mol. The van der Waals surface area contributed by atoms with Crippen molar-refractivity contribution >= 4 is 27.6 Å². The number of carbonyl (C=O) groups excluding carboxylic acids is 1. The van der Waals surface area contributed by atoms with E-state index in [0.29, 0.717) is 24.4 Å². The third kappa shape index (κ3) is 5.79. The molecule has 0 heterocycles. The number of methoxy groups -OCH3 is 1. The van der Waals surface area contributed by atoms with Crippen molar-refractivity contribution in [2.24, 2.45) is 5.92 Å². The molecule has 2 atom stereocenters. The van der Waals surface area contributed by atoms with Crippen LogP contribution < -0.4 is 15.4 Å². The van der Waals surface area contributed by atoms with Crippen LogP contribution in [-0.2, 0) is 0 Å². The molecule has 1 aromatic carbocycles. The number of rotatable bonds is 6. The molecule has 3 N–H and O–H groups in total. The van der Waals surface area contributed by atoms with Crippen LogP contribution >= 0.6 is 15.9 Å². The van der Waals surface area contributed by atoms with Crippen molar-refractivity contribution in [3.8, 4) is 5.75 Å². The Kier molecular flexibility index (Phi) is 6.81. The summed E-state index contributed by atoms with van der Waals surface area (Å²) in [6, 6.07) is 5.05. The third-order valence-electron chi connectivity index (χ3n) is 2.76. The Balaban J connectivity index is 2.44. The van der Waals surface area contributed by atoms with Crippen molar-refractivity contribution in [2.45, 2.75) is 26.4 Å². The van der Waals surface area contributed by atoms with Crippen LogP contribution in [0.1, 0.15) is 20.3 Å². The van der Waals surface area contributed by atoms with Gasteiger partial charge >= 0.3 is 6.03 Å². The minimum Gasteiger partial charge on any atom is -0.496 e. The number of amides is 2. The highest BCUT2D eigenvalue weighted by Crippen LogP contribution is 2.27. The Bertz CT molecular complexity index is 452. The second-order valence-electron chi connectivity index (χ2n) is 4.87. The van der Waals surface area contributed by atoms with Crippen molar-refractivity contribution < 1.29 is 14.6 Å². The molecular formula is C14H21BrN2O3. The van der Waals surface area contributed by atoms with Crippen molar-refractivity contribution in [1.82, 2.24) is 5.32 Å². The van der Waals surface area contributed by atoms with Gasteiger partial charge in [0.25, 0.3) is 0 Å². The van der Waals surface area contributed by atoms with Gasteiger partial charge in [-0.3, -0.25) is 0 Å². The predicted octanol–water partition coefficient (Wildman–Crippen LogP) is 2.99. The van der Waals surface area contributed by atoms with Gasteiger partial charge in [-0.25, -0.2) is 4.79 Å². The Hall–Kier alpha value is -1.27. The number of nitrogens with one attached hydrogen (secondary N) is 2. The molecule has 0 bridgehead atoms. The number of hydrogen-bond acceptors (Lipinski definition) is 3. The van der Waals surface area contributed by atoms with E-state index in [1.165, 1.54) is 0 Å². The van der Waals surface area contributed by atoms with Gasteiger partial charge in [-0.1, -0.05) is 6.92 Å². The Morgan fingerprint density at radius 3 is 2.70 bits per heavy atom. The standard InChI is InChI=1S/C14H21BrN2O3/c1-9(6-10(2)18)8-16-14(19)17-11-4-5-13(20-3)12(15)7-11/h4-5,7,9-10,18H,6,8H2,1-3H3,(H2,16,17,19)/t9-,10-/m0/s1. The summed E-state index contributed by atoms with van der Waals surface area (Å²) in [6.45, 7) is 4.25. The highest BCUT2D eigenvalue weighted by molar-refractivity contribution is 9.10. The lowest BCUT2D eigenvalue weighted by molar-refractivity contribution is 0.163. The average molecular weight is 345 g/mol. The fourth-order valence-electron chi connectivity index (χ4n) is 1.85. The van der Waals surface area contributed by atoms with Gasteiger partial charge in [0.05, 0.1) is 17.7 Å². The molecule has 6 heteroatoms. The first-order valence-electron chi connectivity index (χ1n) is 6.48. The van der Waals surface area contributed by atoms with E-state index in [9.17, 15) is 9.90 Å². The van der Waals surface area contributed by atoms with Gasteiger partial charge in [0.1, 0.15) is 5.75 Å². The van der Waals surface area contributed by atoms with Crippen LogP contribution in [0.25, 0.3) is 0 Å². The molecule has 112 valence electrons. The maximum Gasteiger partial charge on any atom is 0.319 e. The number of carbonyl (C=O) groups is 1. The average Bonchev–Trinajstić information content (AvgIpc) is 2.36. The second kappa shape index (κ2) is 8.11. The van der Waals surface area contributed by atoms with Crippen molar-refractivity contribution in [1.29, 1.82) is 0 Å². The number of benzene rings is 1. The highest BCUT2D eigenvalue weighted by Gasteiger charge is 2.09. The van der Waals surface area contributed by atoms with E-state index in [4.69, 9.17) is 4.74 Å². The molecule has 0 fully saturated rings. The molecule has 0 unspecified atom stereocenters. The van der Waals surface area contributed by atoms with Gasteiger partial charge in [0.2, 0.25) is 0 Å². The maximum absolute atomic E-state index is 11.7. The number of aliphatic hydroxyl groups is 1. The van der Waals surface area contributed by atoms with Crippen LogP contribution in [-0.4, -0.2) is 30.9 Å². The van der Waals surface area contributed by atoms with Crippen molar-refractivity contribution in [3.05, 3.63) is 22.7 Å². The SMILES string of the molecule is COc1ccc(NC(=O)NC[C@@H](C)C[C@H](C)O)cc1Br. The van der Waals surface area contributed by atoms with Gasteiger partial charge in [0.15, 0.2) is 0 Å². The number of urea groups is 1. The number of halogens is 1. The zero-order chi connectivity index (χ0) is 15.1. The van der Waals surface area contributed by atoms with E-state index in [-0.39, 0.29) is 18.1 Å². The molecule has 0 aliphatic heterocycles. The largest absolute Gasteiger partial charge is 0.496 e. The molecule has 0 saturated heterocycles. The lowest BCUT2D eigenvalue weighted by Crippen LogP contribution is -2.33. The van der Waals surface area contributed by atoms with E-state index >= 15 is 0 Å². The van der Waals surface area contributed by atoms with Gasteiger partial charge in [0, 0.05) is 12.2 Å². The first kappa shape index (κ1) is 16.8. The van der Waals surface area contributed by atoms with Gasteiger partial charge in [-0.05, 0) is 53.4 Å². The molecule has 20 heavy (non-hydrogen) atoms. The van der Waals surface area contributed by atoms with Gasteiger partial charge in [-0.2, -0.15) is 0 Å². The summed E-state index contributed by atoms with van der Waals surface area (Å²) in [4.78, 5) is 11.7. The number of anilines is 1. The minimum absolute atomic E-state index is 0.225. The molecule has 0 radical (unpaired) electrons. The smallest absolute Gasteiger partial charge is 0.319 e. The Morgan fingerprint density at radius 1 is 1.45 bits per heavy atom. The van der Waals surface area contributed by atoms with E-state index in [0.717, 1.165) is 4.47 Å². The maximum atomic E-state index is 11.7. The van der Waals surface area contributed by atoms with Crippen LogP contribution in [0.2, 0.25) is 0 Å². The lowest BCUT2D eigenvalue weighted by atomic mass is 10.1. The van der Waals surface area contributed by atoms with Gasteiger partial charge in [-0.15, -0.1) is 0 Å². The molecule has 0 aromatic heterocycles. The second-order valence-corrected chi connectivity index (χ2v) is 5.73. The van der Waals surface area contributed by atoms with Crippen LogP contribution in [0.4, 0.5) is 10.5 Å². The van der Waals surface area contributed by atoms with E-state index < -0.39 is 0 Å². The summed E-state index contributed by atoms with van der Waals surface area (Å²) >= 11 is 3.36. The Labute approximate surface area is 127 Å². The fraction of sp³-hybridized carbons (Fsp3) is 0.500. The summed E-state index contributed by atoms with van der Waals surface area (Å²) in [6.07, 6.45) is 0.307. The van der Waals surface area contributed by atoms with Crippen LogP contribution in [0.5, 0.6) is 5.75 Å². The van der Waals surface area contributed by atoms with E-state index in [1.54, 1.807) is 32.2 Å². The molecule has 5 nitrogen and oxygen atoms in total. The topological polar surface area (TPSA) is 70.6 Å². The summed E-state index contributed by atoms with van der Waals surface area (Å²) in [7, 11) is 1.59. The zero-order valence-corrected chi connectivity index (χ0v) is 13.5. The molecule has 2 amide bonds. The molecule has 1 rings (SSSR count). The number of aliphatic hydroxyl groups excluding tert-OH is 1. The molecule has 0 spiro atoms. The summed E-state index contributed by atoms with van der Waals surface area (Å²) in [5.41, 5.74) is 0.679. The van der Waals surface area contributed by atoms with Crippen LogP contribution in [0.15, 0.2) is 22.7 Å². The van der Waals surface area contributed by atoms with Crippen molar-refractivity contribution in [2.75, 3.05) is 19.0 Å². The quantitative estimate of drug-likeness (QED) is 0.742. The molecule has 0 aliphatic rings. The van der Waals surface area contributed by atoms with Crippen LogP contribution in [0, 0.1) is 5.92 Å². The molecule has 1 aromatic rings. The molecule has 0 saturated carbocycles. The summed E-state index contributed by atoms with van der Waals surface area (Å²) in [5.74, 6) is 0.935. The lowest BCUT2D eigenvalue weighted by Gasteiger charge is -2.15. The number of hydrogen-bond donors (Lipinski definition) is 3. The normalized spacial score (nSPS) is 13.4. The fourth-order valence-corrected chi connectivity index (χ4v) is 2.39. The predicted molar refractivity (Wildman–Crippen MR) is 83.2 cm³/mol. The summed E-state index contributed by atoms with van der Waals surface area (Å²) < 4.78 is 5.90. The highest BCUT2D eigenvalue weighted by atomic mass is 79.9. The zero-order valence-electron chi connectivity index (χ0n) is 11.9. The van der Waals surface area contributed by atoms with E-state index in [1.807, 2.05) is 6.92 Å². The Morgan fingerprint density at radius 2 is 2.15 bits per heavy atom. The molecular weight excluding hydrogens is 324 g/mol. The number of ether oxygens (including phenoxy) is 1. The third-order valence-corrected chi connectivity index (χ3v) is 3.38. The minimum atomic E-state index is -0.354. The van der Waals surface area contributed by atoms with Crippen molar-refractivity contribution in [3.63, 3.8) is 0 Å². The molecule has 0 aliphatic carbocycles. The van der Waals surface area contributed by atoms with Gasteiger partial charge < -0.3 is 20.5 Å².